The van der Waals surface area contributed by atoms with Crippen LogP contribution in [0.2, 0.25) is 5.02 Å². The molecule has 1 aliphatic heterocycles. The molecule has 39 heavy (non-hydrogen) atoms. The molecule has 0 amide bonds. The first-order valence-corrected chi connectivity index (χ1v) is 13.0. The average Bonchev–Trinajstić information content (AvgIpc) is 3.34. The number of nitrogens with one attached hydrogen (secondary N) is 1. The van der Waals surface area contributed by atoms with Gasteiger partial charge < -0.3 is 14.8 Å². The van der Waals surface area contributed by atoms with Gasteiger partial charge in [-0.15, -0.1) is 0 Å². The van der Waals surface area contributed by atoms with E-state index in [0.29, 0.717) is 49.8 Å². The molecule has 0 bridgehead atoms. The van der Waals surface area contributed by atoms with Crippen LogP contribution in [0, 0.1) is 0 Å². The summed E-state index contributed by atoms with van der Waals surface area (Å²) < 4.78 is 101. The third-order valence-corrected chi connectivity index (χ3v) is 7.25. The molecular formula is C25H30ClF7N2O4. The molecule has 1 aliphatic carbocycles. The Labute approximate surface area is 226 Å². The number of rotatable bonds is 9. The van der Waals surface area contributed by atoms with Crippen LogP contribution in [0.3, 0.4) is 0 Å². The molecule has 1 saturated heterocycles. The molecule has 220 valence electrons. The highest BCUT2D eigenvalue weighted by atomic mass is 35.5. The Balaban J connectivity index is 1.91. The van der Waals surface area contributed by atoms with E-state index in [0.717, 1.165) is 0 Å². The zero-order valence-electron chi connectivity index (χ0n) is 21.1. The topological polar surface area (TPSA) is 67.9 Å². The molecule has 1 saturated carbocycles. The molecule has 0 spiro atoms. The van der Waals surface area contributed by atoms with Gasteiger partial charge in [0.1, 0.15) is 6.04 Å². The van der Waals surface area contributed by atoms with E-state index in [1.807, 2.05) is 0 Å². The fourth-order valence-electron chi connectivity index (χ4n) is 5.11. The van der Waals surface area contributed by atoms with Gasteiger partial charge in [-0.25, -0.2) is 4.39 Å². The first-order valence-electron chi connectivity index (χ1n) is 12.6. The Morgan fingerprint density at radius 1 is 1.13 bits per heavy atom. The largest absolute Gasteiger partial charge is 0.442 e. The van der Waals surface area contributed by atoms with Crippen LogP contribution in [-0.2, 0) is 31.0 Å². The van der Waals surface area contributed by atoms with Gasteiger partial charge >= 0.3 is 24.3 Å². The number of benzene rings is 1. The predicted molar refractivity (Wildman–Crippen MR) is 127 cm³/mol. The SMILES string of the molecule is CCCC(F)OC(=O)C1(c2cc(Cl)ccc2CN2CCNCC2C(=O)OC(C(F)(F)F)C(F)(F)F)CCCC1. The molecule has 2 aliphatic rings. The van der Waals surface area contributed by atoms with Crippen molar-refractivity contribution >= 4 is 23.5 Å². The molecule has 1 heterocycles. The summed E-state index contributed by atoms with van der Waals surface area (Å²) in [7, 11) is 0. The van der Waals surface area contributed by atoms with E-state index in [1.54, 1.807) is 13.0 Å². The fraction of sp³-hybridized carbons (Fsp3) is 0.680. The maximum atomic E-state index is 14.3. The minimum Gasteiger partial charge on any atom is -0.442 e. The number of esters is 2. The maximum Gasteiger partial charge on any atom is 0.434 e. The minimum absolute atomic E-state index is 0.0195. The number of hydrogen-bond donors (Lipinski definition) is 1. The van der Waals surface area contributed by atoms with Gasteiger partial charge in [-0.1, -0.05) is 37.4 Å². The van der Waals surface area contributed by atoms with Crippen molar-refractivity contribution in [2.75, 3.05) is 19.6 Å². The smallest absolute Gasteiger partial charge is 0.434 e. The van der Waals surface area contributed by atoms with Gasteiger partial charge in [0.2, 0.25) is 6.36 Å². The summed E-state index contributed by atoms with van der Waals surface area (Å²) >= 11 is 6.24. The van der Waals surface area contributed by atoms with E-state index >= 15 is 0 Å². The Bertz CT molecular complexity index is 1000. The number of piperazine rings is 1. The number of carbonyl (C=O) groups is 2. The van der Waals surface area contributed by atoms with E-state index in [-0.39, 0.29) is 31.1 Å². The number of halogens is 8. The van der Waals surface area contributed by atoms with E-state index in [9.17, 15) is 40.3 Å². The first-order chi connectivity index (χ1) is 18.2. The van der Waals surface area contributed by atoms with E-state index < -0.39 is 48.2 Å². The molecule has 6 nitrogen and oxygen atoms in total. The molecule has 2 atom stereocenters. The molecule has 3 rings (SSSR count). The summed E-state index contributed by atoms with van der Waals surface area (Å²) in [6.07, 6.45) is -15.3. The van der Waals surface area contributed by atoms with Crippen LogP contribution in [0.4, 0.5) is 30.7 Å². The van der Waals surface area contributed by atoms with Gasteiger partial charge in [0.15, 0.2) is 0 Å². The van der Waals surface area contributed by atoms with Crippen molar-refractivity contribution in [1.29, 1.82) is 0 Å². The van der Waals surface area contributed by atoms with Crippen LogP contribution in [-0.4, -0.2) is 67.3 Å². The number of ether oxygens (including phenoxy) is 2. The van der Waals surface area contributed by atoms with Crippen molar-refractivity contribution in [3.63, 3.8) is 0 Å². The summed E-state index contributed by atoms with van der Waals surface area (Å²) in [5.41, 5.74) is -0.345. The van der Waals surface area contributed by atoms with Gasteiger partial charge in [0.05, 0.1) is 5.41 Å². The molecule has 0 aromatic heterocycles. The summed E-state index contributed by atoms with van der Waals surface area (Å²) in [6.45, 7) is 1.76. The zero-order valence-corrected chi connectivity index (χ0v) is 21.9. The molecule has 1 N–H and O–H groups in total. The highest BCUT2D eigenvalue weighted by molar-refractivity contribution is 6.30. The number of carbonyl (C=O) groups excluding carboxylic acids is 2. The normalized spacial score (nSPS) is 21.1. The standard InChI is InChI=1S/C25H30ClF7N2O4/c1-2-5-19(27)38-22(37)23(8-3-4-9-23)17-12-16(26)7-6-15(17)14-35-11-10-34-13-18(35)20(36)39-21(24(28,29)30)25(31,32)33/h6-7,12,18-19,21,34H,2-5,8-11,13-14H2,1H3. The molecule has 0 radical (unpaired) electrons. The molecule has 14 heteroatoms. The monoisotopic (exact) mass is 590 g/mol. The summed E-state index contributed by atoms with van der Waals surface area (Å²) in [4.78, 5) is 27.3. The molecule has 2 unspecified atom stereocenters. The van der Waals surface area contributed by atoms with Gasteiger partial charge in [0, 0.05) is 37.6 Å². The fourth-order valence-corrected chi connectivity index (χ4v) is 5.28. The van der Waals surface area contributed by atoms with Crippen LogP contribution in [0.5, 0.6) is 0 Å². The number of alkyl halides is 7. The van der Waals surface area contributed by atoms with E-state index in [4.69, 9.17) is 16.3 Å². The predicted octanol–water partition coefficient (Wildman–Crippen LogP) is 5.60. The zero-order chi connectivity index (χ0) is 29.0. The molecular weight excluding hydrogens is 561 g/mol. The lowest BCUT2D eigenvalue weighted by atomic mass is 9.76. The highest BCUT2D eigenvalue weighted by Gasteiger charge is 2.60. The highest BCUT2D eigenvalue weighted by Crippen LogP contribution is 2.45. The van der Waals surface area contributed by atoms with Gasteiger partial charge in [0.25, 0.3) is 6.10 Å². The second-order valence-corrected chi connectivity index (χ2v) is 10.2. The van der Waals surface area contributed by atoms with E-state index in [2.05, 4.69) is 10.1 Å². The van der Waals surface area contributed by atoms with Crippen LogP contribution in [0.1, 0.15) is 56.6 Å². The quantitative estimate of drug-likeness (QED) is 0.298. The van der Waals surface area contributed by atoms with Crippen LogP contribution < -0.4 is 5.32 Å². The van der Waals surface area contributed by atoms with Gasteiger partial charge in [-0.2, -0.15) is 26.3 Å². The average molecular weight is 591 g/mol. The van der Waals surface area contributed by atoms with Gasteiger partial charge in [-0.05, 0) is 42.5 Å². The summed E-state index contributed by atoms with van der Waals surface area (Å²) in [5.74, 6) is -2.45. The third-order valence-electron chi connectivity index (χ3n) is 7.01. The van der Waals surface area contributed by atoms with Gasteiger partial charge in [-0.3, -0.25) is 14.5 Å². The minimum atomic E-state index is -5.84. The maximum absolute atomic E-state index is 14.3. The van der Waals surface area contributed by atoms with Crippen molar-refractivity contribution in [3.05, 3.63) is 34.3 Å². The number of nitrogens with zero attached hydrogens (tertiary/aromatic N) is 1. The molecule has 2 fully saturated rings. The van der Waals surface area contributed by atoms with Crippen LogP contribution >= 0.6 is 11.6 Å². The lowest BCUT2D eigenvalue weighted by molar-refractivity contribution is -0.314. The lowest BCUT2D eigenvalue weighted by Crippen LogP contribution is -2.57. The third kappa shape index (κ3) is 7.55. The summed E-state index contributed by atoms with van der Waals surface area (Å²) in [6, 6.07) is 3.15. The second kappa shape index (κ2) is 12.6. The van der Waals surface area contributed by atoms with E-state index in [1.165, 1.54) is 17.0 Å². The first kappa shape index (κ1) is 31.4. The second-order valence-electron chi connectivity index (χ2n) is 9.79. The van der Waals surface area contributed by atoms with Crippen molar-refractivity contribution in [3.8, 4) is 0 Å². The Kier molecular flexibility index (Phi) is 10.1. The van der Waals surface area contributed by atoms with Crippen molar-refractivity contribution in [1.82, 2.24) is 10.2 Å². The van der Waals surface area contributed by atoms with Crippen LogP contribution in [0.25, 0.3) is 0 Å². The molecule has 1 aromatic carbocycles. The lowest BCUT2D eigenvalue weighted by Gasteiger charge is -2.37. The summed E-state index contributed by atoms with van der Waals surface area (Å²) in [5, 5.41) is 3.05. The Morgan fingerprint density at radius 3 is 2.36 bits per heavy atom. The molecule has 1 aromatic rings. The van der Waals surface area contributed by atoms with Crippen molar-refractivity contribution in [2.45, 2.75) is 88.3 Å². The number of hydrogen-bond acceptors (Lipinski definition) is 6. The van der Waals surface area contributed by atoms with Crippen molar-refractivity contribution in [2.24, 2.45) is 0 Å². The van der Waals surface area contributed by atoms with Crippen molar-refractivity contribution < 1.29 is 49.8 Å². The van der Waals surface area contributed by atoms with Crippen LogP contribution in [0.15, 0.2) is 18.2 Å². The Hall–Kier alpha value is -2.12. The Morgan fingerprint density at radius 2 is 1.77 bits per heavy atom.